The Morgan fingerprint density at radius 2 is 1.95 bits per heavy atom. The highest BCUT2D eigenvalue weighted by Crippen LogP contribution is 2.21. The SMILES string of the molecule is CCCCCCCC(NN)c1cc(CC)nn1CC. The monoisotopic (exact) mass is 266 g/mol. The number of hydrazine groups is 1. The first-order valence-corrected chi connectivity index (χ1v) is 7.79. The summed E-state index contributed by atoms with van der Waals surface area (Å²) in [5.41, 5.74) is 5.35. The number of nitrogens with one attached hydrogen (secondary N) is 1. The van der Waals surface area contributed by atoms with E-state index in [1.54, 1.807) is 0 Å². The normalized spacial score (nSPS) is 12.8. The third-order valence-electron chi connectivity index (χ3n) is 3.68. The van der Waals surface area contributed by atoms with Crippen molar-refractivity contribution in [1.29, 1.82) is 0 Å². The van der Waals surface area contributed by atoms with E-state index in [0.29, 0.717) is 0 Å². The van der Waals surface area contributed by atoms with Crippen LogP contribution in [0, 0.1) is 0 Å². The van der Waals surface area contributed by atoms with Crippen molar-refractivity contribution in [3.05, 3.63) is 17.5 Å². The lowest BCUT2D eigenvalue weighted by atomic mass is 10.0. The number of hydrogen-bond acceptors (Lipinski definition) is 3. The molecule has 1 unspecified atom stereocenters. The predicted molar refractivity (Wildman–Crippen MR) is 80.7 cm³/mol. The Labute approximate surface area is 117 Å². The van der Waals surface area contributed by atoms with Crippen LogP contribution in [0.25, 0.3) is 0 Å². The van der Waals surface area contributed by atoms with Crippen molar-refractivity contribution >= 4 is 0 Å². The molecule has 0 fully saturated rings. The van der Waals surface area contributed by atoms with Crippen molar-refractivity contribution in [2.45, 2.75) is 78.3 Å². The average molecular weight is 266 g/mol. The van der Waals surface area contributed by atoms with Gasteiger partial charge < -0.3 is 0 Å². The number of rotatable bonds is 10. The molecule has 1 aromatic rings. The van der Waals surface area contributed by atoms with E-state index in [1.807, 2.05) is 0 Å². The van der Waals surface area contributed by atoms with Gasteiger partial charge in [-0.15, -0.1) is 0 Å². The first-order chi connectivity index (χ1) is 9.26. The van der Waals surface area contributed by atoms with Gasteiger partial charge in [-0.1, -0.05) is 46.0 Å². The predicted octanol–water partition coefficient (Wildman–Crippen LogP) is 3.33. The molecule has 0 saturated heterocycles. The molecular weight excluding hydrogens is 236 g/mol. The fourth-order valence-electron chi connectivity index (χ4n) is 2.46. The fraction of sp³-hybridized carbons (Fsp3) is 0.800. The molecule has 0 bridgehead atoms. The molecule has 0 spiro atoms. The summed E-state index contributed by atoms with van der Waals surface area (Å²) >= 11 is 0. The van der Waals surface area contributed by atoms with Crippen molar-refractivity contribution in [3.8, 4) is 0 Å². The fourth-order valence-corrected chi connectivity index (χ4v) is 2.46. The van der Waals surface area contributed by atoms with Crippen molar-refractivity contribution in [3.63, 3.8) is 0 Å². The first-order valence-electron chi connectivity index (χ1n) is 7.79. The third kappa shape index (κ3) is 4.96. The van der Waals surface area contributed by atoms with Crippen LogP contribution in [0.3, 0.4) is 0 Å². The molecule has 0 radical (unpaired) electrons. The van der Waals surface area contributed by atoms with Gasteiger partial charge in [0.25, 0.3) is 0 Å². The molecule has 1 heterocycles. The number of aromatic nitrogens is 2. The number of unbranched alkanes of at least 4 members (excludes halogenated alkanes) is 4. The first kappa shape index (κ1) is 16.2. The van der Waals surface area contributed by atoms with Gasteiger partial charge in [0.05, 0.1) is 17.4 Å². The molecule has 0 aliphatic carbocycles. The van der Waals surface area contributed by atoms with Gasteiger partial charge in [0.2, 0.25) is 0 Å². The number of aryl methyl sites for hydroxylation is 2. The molecule has 0 aliphatic rings. The van der Waals surface area contributed by atoms with E-state index in [9.17, 15) is 0 Å². The zero-order valence-electron chi connectivity index (χ0n) is 12.8. The largest absolute Gasteiger partial charge is 0.271 e. The molecule has 3 N–H and O–H groups in total. The Balaban J connectivity index is 2.55. The minimum atomic E-state index is 0.231. The summed E-state index contributed by atoms with van der Waals surface area (Å²) in [6, 6.07) is 2.43. The molecule has 0 saturated carbocycles. The summed E-state index contributed by atoms with van der Waals surface area (Å²) in [4.78, 5) is 0. The van der Waals surface area contributed by atoms with E-state index in [1.165, 1.54) is 37.8 Å². The zero-order valence-corrected chi connectivity index (χ0v) is 12.8. The summed E-state index contributed by atoms with van der Waals surface area (Å²) in [7, 11) is 0. The number of nitrogens with zero attached hydrogens (tertiary/aromatic N) is 2. The Hall–Kier alpha value is -0.870. The molecule has 4 nitrogen and oxygen atoms in total. The van der Waals surface area contributed by atoms with Gasteiger partial charge in [-0.05, 0) is 25.8 Å². The second-order valence-electron chi connectivity index (χ2n) is 5.15. The Kier molecular flexibility index (Phi) is 7.75. The van der Waals surface area contributed by atoms with Gasteiger partial charge in [0, 0.05) is 6.54 Å². The molecule has 1 aromatic heterocycles. The molecule has 1 atom stereocenters. The quantitative estimate of drug-likeness (QED) is 0.388. The van der Waals surface area contributed by atoms with Crippen LogP contribution >= 0.6 is 0 Å². The summed E-state index contributed by atoms with van der Waals surface area (Å²) < 4.78 is 2.08. The highest BCUT2D eigenvalue weighted by molar-refractivity contribution is 5.14. The van der Waals surface area contributed by atoms with E-state index in [-0.39, 0.29) is 6.04 Å². The molecule has 110 valence electrons. The maximum atomic E-state index is 5.73. The maximum absolute atomic E-state index is 5.73. The molecule has 0 aliphatic heterocycles. The van der Waals surface area contributed by atoms with Crippen LogP contribution in [-0.4, -0.2) is 9.78 Å². The van der Waals surface area contributed by atoms with Crippen LogP contribution in [0.2, 0.25) is 0 Å². The van der Waals surface area contributed by atoms with E-state index < -0.39 is 0 Å². The number of hydrogen-bond donors (Lipinski definition) is 2. The van der Waals surface area contributed by atoms with Crippen molar-refractivity contribution in [2.75, 3.05) is 0 Å². The Morgan fingerprint density at radius 3 is 2.53 bits per heavy atom. The van der Waals surface area contributed by atoms with Crippen molar-refractivity contribution in [1.82, 2.24) is 15.2 Å². The van der Waals surface area contributed by atoms with Gasteiger partial charge in [-0.3, -0.25) is 16.0 Å². The molecule has 1 rings (SSSR count). The van der Waals surface area contributed by atoms with E-state index >= 15 is 0 Å². The lowest BCUT2D eigenvalue weighted by molar-refractivity contribution is 0.443. The molecule has 4 heteroatoms. The third-order valence-corrected chi connectivity index (χ3v) is 3.68. The molecule has 0 amide bonds. The van der Waals surface area contributed by atoms with E-state index in [0.717, 1.165) is 25.1 Å². The molecule has 19 heavy (non-hydrogen) atoms. The Bertz CT molecular complexity index is 346. The summed E-state index contributed by atoms with van der Waals surface area (Å²) in [5, 5.41) is 4.59. The van der Waals surface area contributed by atoms with Gasteiger partial charge in [0.15, 0.2) is 0 Å². The highest BCUT2D eigenvalue weighted by Gasteiger charge is 2.15. The topological polar surface area (TPSA) is 55.9 Å². The van der Waals surface area contributed by atoms with Crippen molar-refractivity contribution in [2.24, 2.45) is 5.84 Å². The van der Waals surface area contributed by atoms with Crippen LogP contribution in [0.4, 0.5) is 0 Å². The van der Waals surface area contributed by atoms with Crippen molar-refractivity contribution < 1.29 is 0 Å². The summed E-state index contributed by atoms with van der Waals surface area (Å²) in [6.07, 6.45) is 8.57. The van der Waals surface area contributed by atoms with Crippen LogP contribution in [0.15, 0.2) is 6.07 Å². The second-order valence-corrected chi connectivity index (χ2v) is 5.15. The molecule has 0 aromatic carbocycles. The maximum Gasteiger partial charge on any atom is 0.0629 e. The zero-order chi connectivity index (χ0) is 14.1. The second kappa shape index (κ2) is 9.10. The van der Waals surface area contributed by atoms with Gasteiger partial charge in [-0.25, -0.2) is 0 Å². The van der Waals surface area contributed by atoms with Gasteiger partial charge in [-0.2, -0.15) is 5.10 Å². The standard InChI is InChI=1S/C15H30N4/c1-4-7-8-9-10-11-14(17-16)15-12-13(5-2)18-19(15)6-3/h12,14,17H,4-11,16H2,1-3H3. The average Bonchev–Trinajstić information content (AvgIpc) is 2.86. The lowest BCUT2D eigenvalue weighted by Gasteiger charge is -2.17. The number of nitrogens with two attached hydrogens (primary N) is 1. The minimum absolute atomic E-state index is 0.231. The highest BCUT2D eigenvalue weighted by atomic mass is 15.3. The van der Waals surface area contributed by atoms with Crippen LogP contribution in [-0.2, 0) is 13.0 Å². The van der Waals surface area contributed by atoms with E-state index in [4.69, 9.17) is 5.84 Å². The molecular formula is C15H30N4. The van der Waals surface area contributed by atoms with Crippen LogP contribution in [0.1, 0.15) is 76.7 Å². The van der Waals surface area contributed by atoms with Crippen LogP contribution in [0.5, 0.6) is 0 Å². The van der Waals surface area contributed by atoms with Gasteiger partial charge in [0.1, 0.15) is 0 Å². The van der Waals surface area contributed by atoms with E-state index in [2.05, 4.69) is 42.0 Å². The summed E-state index contributed by atoms with van der Waals surface area (Å²) in [5.74, 6) is 5.73. The van der Waals surface area contributed by atoms with Crippen LogP contribution < -0.4 is 11.3 Å². The summed E-state index contributed by atoms with van der Waals surface area (Å²) in [6.45, 7) is 7.42. The smallest absolute Gasteiger partial charge is 0.0629 e. The minimum Gasteiger partial charge on any atom is -0.271 e. The van der Waals surface area contributed by atoms with Gasteiger partial charge >= 0.3 is 0 Å². The lowest BCUT2D eigenvalue weighted by Crippen LogP contribution is -2.29. The Morgan fingerprint density at radius 1 is 1.21 bits per heavy atom.